The van der Waals surface area contributed by atoms with E-state index in [1.807, 2.05) is 0 Å². The van der Waals surface area contributed by atoms with E-state index in [4.69, 9.17) is 17.3 Å². The average molecular weight is 309 g/mol. The minimum atomic E-state index is -1.19. The molecule has 0 saturated heterocycles. The first kappa shape index (κ1) is 14.9. The molecule has 0 bridgehead atoms. The maximum Gasteiger partial charge on any atom is 0.331 e. The van der Waals surface area contributed by atoms with E-state index in [0.29, 0.717) is 11.3 Å². The molecular formula is C13H13ClN4O3. The Hall–Kier alpha value is -2.54. The number of nitrogens with two attached hydrogens (primary N) is 1. The predicted molar refractivity (Wildman–Crippen MR) is 76.9 cm³/mol. The highest BCUT2D eigenvalue weighted by atomic mass is 35.5. The largest absolute Gasteiger partial charge is 0.479 e. The topological polar surface area (TPSA) is 110 Å². The fraction of sp³-hybridized carbons (Fsp3) is 0.154. The summed E-state index contributed by atoms with van der Waals surface area (Å²) >= 11 is 5.84. The molecule has 0 aliphatic rings. The molecule has 7 nitrogen and oxygen atoms in total. The number of hydrogen-bond donors (Lipinski definition) is 3. The first-order valence-corrected chi connectivity index (χ1v) is 6.33. The van der Waals surface area contributed by atoms with Crippen LogP contribution in [0.2, 0.25) is 5.02 Å². The summed E-state index contributed by atoms with van der Waals surface area (Å²) in [5.74, 6) is -1.74. The summed E-state index contributed by atoms with van der Waals surface area (Å²) in [6.45, 7) is 0. The number of aryl methyl sites for hydroxylation is 1. The number of amides is 1. The van der Waals surface area contributed by atoms with E-state index in [0.717, 1.165) is 0 Å². The molecule has 0 fully saturated rings. The van der Waals surface area contributed by atoms with Crippen molar-refractivity contribution in [3.05, 3.63) is 46.7 Å². The smallest absolute Gasteiger partial charge is 0.331 e. The number of aromatic nitrogens is 2. The van der Waals surface area contributed by atoms with Crippen LogP contribution in [0.25, 0.3) is 0 Å². The third-order valence-corrected chi connectivity index (χ3v) is 3.17. The molecule has 0 radical (unpaired) electrons. The molecule has 1 aromatic heterocycles. The lowest BCUT2D eigenvalue weighted by Crippen LogP contribution is -2.33. The summed E-state index contributed by atoms with van der Waals surface area (Å²) in [4.78, 5) is 23.4. The molecule has 2 aromatic rings. The molecule has 110 valence electrons. The number of anilines is 1. The number of hydrogen-bond acceptors (Lipinski definition) is 4. The Morgan fingerprint density at radius 2 is 2.19 bits per heavy atom. The Morgan fingerprint density at radius 1 is 1.48 bits per heavy atom. The lowest BCUT2D eigenvalue weighted by molar-refractivity contribution is -0.139. The van der Waals surface area contributed by atoms with E-state index in [2.05, 4.69) is 10.4 Å². The van der Waals surface area contributed by atoms with Gasteiger partial charge >= 0.3 is 5.97 Å². The van der Waals surface area contributed by atoms with Gasteiger partial charge in [0.2, 0.25) is 0 Å². The highest BCUT2D eigenvalue weighted by Crippen LogP contribution is 2.20. The van der Waals surface area contributed by atoms with Crippen molar-refractivity contribution < 1.29 is 14.7 Å². The van der Waals surface area contributed by atoms with Crippen molar-refractivity contribution in [2.75, 3.05) is 5.73 Å². The molecule has 21 heavy (non-hydrogen) atoms. The Balaban J connectivity index is 2.22. The van der Waals surface area contributed by atoms with Gasteiger partial charge < -0.3 is 16.2 Å². The van der Waals surface area contributed by atoms with Gasteiger partial charge in [-0.05, 0) is 18.2 Å². The number of nitrogens with one attached hydrogen (secondary N) is 1. The van der Waals surface area contributed by atoms with Crippen LogP contribution < -0.4 is 11.1 Å². The third-order valence-electron chi connectivity index (χ3n) is 2.84. The molecule has 4 N–H and O–H groups in total. The second kappa shape index (κ2) is 5.84. The van der Waals surface area contributed by atoms with E-state index in [1.54, 1.807) is 7.05 Å². The van der Waals surface area contributed by atoms with Crippen molar-refractivity contribution in [2.24, 2.45) is 7.05 Å². The lowest BCUT2D eigenvalue weighted by atomic mass is 10.1. The summed E-state index contributed by atoms with van der Waals surface area (Å²) in [6.07, 6.45) is 2.91. The second-order valence-corrected chi connectivity index (χ2v) is 4.84. The summed E-state index contributed by atoms with van der Waals surface area (Å²) < 4.78 is 1.46. The minimum Gasteiger partial charge on any atom is -0.479 e. The number of halogens is 1. The fourth-order valence-electron chi connectivity index (χ4n) is 1.76. The number of benzene rings is 1. The van der Waals surface area contributed by atoms with Gasteiger partial charge in [-0.2, -0.15) is 5.10 Å². The first-order chi connectivity index (χ1) is 9.88. The zero-order valence-corrected chi connectivity index (χ0v) is 11.8. The normalized spacial score (nSPS) is 11.9. The van der Waals surface area contributed by atoms with Crippen LogP contribution in [0.3, 0.4) is 0 Å². The summed E-state index contributed by atoms with van der Waals surface area (Å²) in [5, 5.41) is 15.8. The lowest BCUT2D eigenvalue weighted by Gasteiger charge is -2.13. The molecule has 2 rings (SSSR count). The minimum absolute atomic E-state index is 0.226. The van der Waals surface area contributed by atoms with Gasteiger partial charge in [0.25, 0.3) is 5.91 Å². The quantitative estimate of drug-likeness (QED) is 0.735. The molecule has 0 aliphatic heterocycles. The zero-order chi connectivity index (χ0) is 15.6. The molecule has 0 aliphatic carbocycles. The van der Waals surface area contributed by atoms with Crippen LogP contribution in [-0.4, -0.2) is 26.8 Å². The van der Waals surface area contributed by atoms with Crippen molar-refractivity contribution in [1.29, 1.82) is 0 Å². The molecular weight excluding hydrogens is 296 g/mol. The molecule has 1 heterocycles. The maximum absolute atomic E-state index is 12.1. The number of carbonyl (C=O) groups excluding carboxylic acids is 1. The third kappa shape index (κ3) is 3.32. The average Bonchev–Trinajstić information content (AvgIpc) is 2.84. The SMILES string of the molecule is Cn1cc(C(NC(=O)c2ccc(N)c(Cl)c2)C(=O)O)cn1. The van der Waals surface area contributed by atoms with Crippen LogP contribution in [0.5, 0.6) is 0 Å². The molecule has 1 amide bonds. The second-order valence-electron chi connectivity index (χ2n) is 4.43. The van der Waals surface area contributed by atoms with E-state index in [9.17, 15) is 14.7 Å². The van der Waals surface area contributed by atoms with Crippen LogP contribution in [0.4, 0.5) is 5.69 Å². The van der Waals surface area contributed by atoms with Crippen LogP contribution in [0.15, 0.2) is 30.6 Å². The van der Waals surface area contributed by atoms with Gasteiger partial charge in [0, 0.05) is 24.4 Å². The van der Waals surface area contributed by atoms with E-state index in [-0.39, 0.29) is 10.6 Å². The van der Waals surface area contributed by atoms with Crippen LogP contribution in [0, 0.1) is 0 Å². The fourth-order valence-corrected chi connectivity index (χ4v) is 1.94. The van der Waals surface area contributed by atoms with Crippen molar-refractivity contribution in [2.45, 2.75) is 6.04 Å². The number of carbonyl (C=O) groups is 2. The van der Waals surface area contributed by atoms with Gasteiger partial charge in [-0.15, -0.1) is 0 Å². The van der Waals surface area contributed by atoms with Crippen molar-refractivity contribution >= 4 is 29.2 Å². The highest BCUT2D eigenvalue weighted by molar-refractivity contribution is 6.33. The number of rotatable bonds is 4. The van der Waals surface area contributed by atoms with Crippen LogP contribution in [-0.2, 0) is 11.8 Å². The molecule has 8 heteroatoms. The van der Waals surface area contributed by atoms with E-state index in [1.165, 1.54) is 35.3 Å². The maximum atomic E-state index is 12.1. The Kier molecular flexibility index (Phi) is 4.13. The Labute approximate surface area is 125 Å². The number of nitrogen functional groups attached to an aromatic ring is 1. The molecule has 1 aromatic carbocycles. The van der Waals surface area contributed by atoms with Crippen LogP contribution in [0.1, 0.15) is 22.0 Å². The standard InChI is InChI=1S/C13H13ClN4O3/c1-18-6-8(5-16-18)11(13(20)21)17-12(19)7-2-3-10(15)9(14)4-7/h2-6,11H,15H2,1H3,(H,17,19)(H,20,21). The number of carboxylic acids is 1. The van der Waals surface area contributed by atoms with Gasteiger partial charge in [-0.25, -0.2) is 4.79 Å². The summed E-state index contributed by atoms with van der Waals surface area (Å²) in [5.41, 5.74) is 6.51. The van der Waals surface area contributed by atoms with Gasteiger partial charge in [0.15, 0.2) is 6.04 Å². The molecule has 1 atom stereocenters. The molecule has 0 saturated carbocycles. The van der Waals surface area contributed by atoms with Gasteiger partial charge in [-0.3, -0.25) is 9.48 Å². The van der Waals surface area contributed by atoms with Gasteiger partial charge in [0.05, 0.1) is 16.9 Å². The van der Waals surface area contributed by atoms with Crippen LogP contribution >= 0.6 is 11.6 Å². The summed E-state index contributed by atoms with van der Waals surface area (Å²) in [6, 6.07) is 3.15. The number of carboxylic acid groups (broad SMARTS) is 1. The van der Waals surface area contributed by atoms with Crippen molar-refractivity contribution in [1.82, 2.24) is 15.1 Å². The van der Waals surface area contributed by atoms with Gasteiger partial charge in [0.1, 0.15) is 0 Å². The Morgan fingerprint density at radius 3 is 2.71 bits per heavy atom. The van der Waals surface area contributed by atoms with Crippen molar-refractivity contribution in [3.63, 3.8) is 0 Å². The van der Waals surface area contributed by atoms with Crippen molar-refractivity contribution in [3.8, 4) is 0 Å². The van der Waals surface area contributed by atoms with E-state index >= 15 is 0 Å². The predicted octanol–water partition coefficient (Wildman–Crippen LogP) is 1.21. The number of nitrogens with zero attached hydrogens (tertiary/aromatic N) is 2. The first-order valence-electron chi connectivity index (χ1n) is 5.95. The van der Waals surface area contributed by atoms with Gasteiger partial charge in [-0.1, -0.05) is 11.6 Å². The van der Waals surface area contributed by atoms with E-state index < -0.39 is 17.9 Å². The molecule has 1 unspecified atom stereocenters. The summed E-state index contributed by atoms with van der Waals surface area (Å²) in [7, 11) is 1.66. The zero-order valence-electron chi connectivity index (χ0n) is 11.1. The molecule has 0 spiro atoms. The number of aliphatic carboxylic acids is 1. The highest BCUT2D eigenvalue weighted by Gasteiger charge is 2.24. The Bertz CT molecular complexity index is 698. The monoisotopic (exact) mass is 308 g/mol.